The number of aliphatic carboxylic acids is 1. The van der Waals surface area contributed by atoms with Gasteiger partial charge in [0.15, 0.2) is 0 Å². The molecule has 0 radical (unpaired) electrons. The summed E-state index contributed by atoms with van der Waals surface area (Å²) in [5.74, 6) is -1.02. The van der Waals surface area contributed by atoms with E-state index in [4.69, 9.17) is 10.8 Å². The summed E-state index contributed by atoms with van der Waals surface area (Å²) in [5, 5.41) is 16.6. The van der Waals surface area contributed by atoms with E-state index in [1.165, 1.54) is 5.56 Å². The van der Waals surface area contributed by atoms with E-state index in [2.05, 4.69) is 22.4 Å². The molecule has 106 valence electrons. The van der Waals surface area contributed by atoms with Crippen molar-refractivity contribution in [2.75, 3.05) is 0 Å². The lowest BCUT2D eigenvalue weighted by molar-refractivity contribution is -0.138. The maximum Gasteiger partial charge on any atom is 0.320 e. The van der Waals surface area contributed by atoms with Gasteiger partial charge in [-0.15, -0.1) is 5.10 Å². The molecule has 0 saturated carbocycles. The summed E-state index contributed by atoms with van der Waals surface area (Å²) in [4.78, 5) is 10.7. The highest BCUT2D eigenvalue weighted by Crippen LogP contribution is 2.04. The van der Waals surface area contributed by atoms with Crippen LogP contribution in [-0.2, 0) is 24.2 Å². The summed E-state index contributed by atoms with van der Waals surface area (Å²) in [6.45, 7) is 0.754. The SMILES string of the molecule is NC(Cc1cn(CCCc2ccccc2)nn1)C(=O)O. The van der Waals surface area contributed by atoms with Crippen molar-refractivity contribution >= 4 is 5.97 Å². The van der Waals surface area contributed by atoms with Crippen LogP contribution in [0.3, 0.4) is 0 Å². The molecule has 0 amide bonds. The van der Waals surface area contributed by atoms with Crippen LogP contribution < -0.4 is 5.73 Å². The van der Waals surface area contributed by atoms with Gasteiger partial charge in [-0.1, -0.05) is 35.5 Å². The Bertz CT molecular complexity index is 553. The Morgan fingerprint density at radius 3 is 2.80 bits per heavy atom. The van der Waals surface area contributed by atoms with E-state index in [1.807, 2.05) is 18.2 Å². The Morgan fingerprint density at radius 1 is 1.35 bits per heavy atom. The third-order valence-electron chi connectivity index (χ3n) is 3.03. The zero-order chi connectivity index (χ0) is 14.4. The second-order valence-corrected chi connectivity index (χ2v) is 4.71. The predicted octanol–water partition coefficient (Wildman–Crippen LogP) is 0.865. The van der Waals surface area contributed by atoms with Crippen LogP contribution in [-0.4, -0.2) is 32.1 Å². The Kier molecular flexibility index (Phi) is 4.84. The molecule has 20 heavy (non-hydrogen) atoms. The minimum absolute atomic E-state index is 0.202. The summed E-state index contributed by atoms with van der Waals surface area (Å²) >= 11 is 0. The third-order valence-corrected chi connectivity index (χ3v) is 3.03. The van der Waals surface area contributed by atoms with Gasteiger partial charge in [0.25, 0.3) is 0 Å². The first-order valence-electron chi connectivity index (χ1n) is 6.56. The molecule has 6 heteroatoms. The van der Waals surface area contributed by atoms with Gasteiger partial charge in [0, 0.05) is 19.2 Å². The van der Waals surface area contributed by atoms with E-state index < -0.39 is 12.0 Å². The summed E-state index contributed by atoms with van der Waals surface area (Å²) in [7, 11) is 0. The van der Waals surface area contributed by atoms with Crippen LogP contribution in [0.15, 0.2) is 36.5 Å². The molecule has 3 N–H and O–H groups in total. The zero-order valence-electron chi connectivity index (χ0n) is 11.1. The number of rotatable bonds is 7. The highest BCUT2D eigenvalue weighted by molar-refractivity contribution is 5.73. The molecule has 0 aliphatic carbocycles. The highest BCUT2D eigenvalue weighted by atomic mass is 16.4. The van der Waals surface area contributed by atoms with E-state index >= 15 is 0 Å². The van der Waals surface area contributed by atoms with Gasteiger partial charge in [-0.05, 0) is 18.4 Å². The molecular formula is C14H18N4O2. The summed E-state index contributed by atoms with van der Waals surface area (Å²) in [5.41, 5.74) is 7.36. The van der Waals surface area contributed by atoms with Crippen LogP contribution in [0.4, 0.5) is 0 Å². The maximum atomic E-state index is 10.7. The summed E-state index contributed by atoms with van der Waals surface area (Å²) in [6.07, 6.45) is 3.89. The molecule has 2 aromatic rings. The van der Waals surface area contributed by atoms with Crippen molar-refractivity contribution in [3.8, 4) is 0 Å². The Morgan fingerprint density at radius 2 is 2.10 bits per heavy atom. The normalized spacial score (nSPS) is 12.2. The van der Waals surface area contributed by atoms with Crippen molar-refractivity contribution in [2.24, 2.45) is 5.73 Å². The van der Waals surface area contributed by atoms with Gasteiger partial charge in [-0.2, -0.15) is 0 Å². The fourth-order valence-electron chi connectivity index (χ4n) is 1.94. The van der Waals surface area contributed by atoms with E-state index in [1.54, 1.807) is 10.9 Å². The minimum atomic E-state index is -1.02. The van der Waals surface area contributed by atoms with Crippen molar-refractivity contribution in [3.63, 3.8) is 0 Å². The van der Waals surface area contributed by atoms with Crippen molar-refractivity contribution < 1.29 is 9.90 Å². The monoisotopic (exact) mass is 274 g/mol. The van der Waals surface area contributed by atoms with Gasteiger partial charge in [0.1, 0.15) is 6.04 Å². The second kappa shape index (κ2) is 6.81. The van der Waals surface area contributed by atoms with Crippen molar-refractivity contribution in [2.45, 2.75) is 31.8 Å². The lowest BCUT2D eigenvalue weighted by atomic mass is 10.1. The maximum absolute atomic E-state index is 10.7. The topological polar surface area (TPSA) is 94.0 Å². The number of aryl methyl sites for hydroxylation is 2. The van der Waals surface area contributed by atoms with Crippen LogP contribution in [0.5, 0.6) is 0 Å². The predicted molar refractivity (Wildman–Crippen MR) is 74.1 cm³/mol. The fourth-order valence-corrected chi connectivity index (χ4v) is 1.94. The first kappa shape index (κ1) is 14.2. The average molecular weight is 274 g/mol. The first-order chi connectivity index (χ1) is 9.65. The first-order valence-corrected chi connectivity index (χ1v) is 6.56. The number of benzene rings is 1. The Hall–Kier alpha value is -2.21. The second-order valence-electron chi connectivity index (χ2n) is 4.71. The molecule has 0 fully saturated rings. The number of hydrogen-bond donors (Lipinski definition) is 2. The van der Waals surface area contributed by atoms with Gasteiger partial charge in [0.2, 0.25) is 0 Å². The minimum Gasteiger partial charge on any atom is -0.480 e. The Balaban J connectivity index is 1.79. The van der Waals surface area contributed by atoms with E-state index in [0.717, 1.165) is 19.4 Å². The molecule has 1 heterocycles. The molecule has 0 bridgehead atoms. The standard InChI is InChI=1S/C14H18N4O2/c15-13(14(19)20)9-12-10-18(17-16-12)8-4-7-11-5-2-1-3-6-11/h1-3,5-6,10,13H,4,7-9,15H2,(H,19,20). The summed E-state index contributed by atoms with van der Waals surface area (Å²) < 4.78 is 1.73. The lowest BCUT2D eigenvalue weighted by Gasteiger charge is -2.02. The van der Waals surface area contributed by atoms with Crippen molar-refractivity contribution in [1.82, 2.24) is 15.0 Å². The molecule has 2 rings (SSSR count). The molecule has 0 saturated heterocycles. The molecule has 1 atom stereocenters. The van der Waals surface area contributed by atoms with Gasteiger partial charge in [-0.3, -0.25) is 9.48 Å². The molecule has 0 aliphatic heterocycles. The van der Waals surface area contributed by atoms with E-state index in [-0.39, 0.29) is 6.42 Å². The fraction of sp³-hybridized carbons (Fsp3) is 0.357. The van der Waals surface area contributed by atoms with E-state index in [0.29, 0.717) is 5.69 Å². The quantitative estimate of drug-likeness (QED) is 0.781. The van der Waals surface area contributed by atoms with Gasteiger partial charge < -0.3 is 10.8 Å². The number of nitrogens with zero attached hydrogens (tertiary/aromatic N) is 3. The van der Waals surface area contributed by atoms with Crippen LogP contribution in [0.2, 0.25) is 0 Å². The van der Waals surface area contributed by atoms with Crippen LogP contribution >= 0.6 is 0 Å². The molecule has 1 unspecified atom stereocenters. The third kappa shape index (κ3) is 4.17. The summed E-state index contributed by atoms with van der Waals surface area (Å²) in [6, 6.07) is 9.31. The highest BCUT2D eigenvalue weighted by Gasteiger charge is 2.14. The van der Waals surface area contributed by atoms with Crippen molar-refractivity contribution in [1.29, 1.82) is 0 Å². The number of nitrogens with two attached hydrogens (primary N) is 1. The molecule has 0 aliphatic rings. The van der Waals surface area contributed by atoms with Crippen LogP contribution in [0, 0.1) is 0 Å². The number of hydrogen-bond acceptors (Lipinski definition) is 4. The molecule has 1 aromatic heterocycles. The zero-order valence-corrected chi connectivity index (χ0v) is 11.1. The van der Waals surface area contributed by atoms with Gasteiger partial charge >= 0.3 is 5.97 Å². The number of carbonyl (C=O) groups is 1. The smallest absolute Gasteiger partial charge is 0.320 e. The molecule has 0 spiro atoms. The van der Waals surface area contributed by atoms with Crippen LogP contribution in [0.25, 0.3) is 0 Å². The number of carboxylic acid groups (broad SMARTS) is 1. The van der Waals surface area contributed by atoms with Gasteiger partial charge in [0.05, 0.1) is 5.69 Å². The van der Waals surface area contributed by atoms with Crippen LogP contribution in [0.1, 0.15) is 17.7 Å². The number of aromatic nitrogens is 3. The average Bonchev–Trinajstić information content (AvgIpc) is 2.87. The number of carboxylic acids is 1. The lowest BCUT2D eigenvalue weighted by Crippen LogP contribution is -2.32. The largest absolute Gasteiger partial charge is 0.480 e. The molecule has 1 aromatic carbocycles. The van der Waals surface area contributed by atoms with E-state index in [9.17, 15) is 4.79 Å². The molecular weight excluding hydrogens is 256 g/mol. The Labute approximate surface area is 117 Å². The molecule has 6 nitrogen and oxygen atoms in total. The van der Waals surface area contributed by atoms with Crippen molar-refractivity contribution in [3.05, 3.63) is 47.8 Å². The van der Waals surface area contributed by atoms with Gasteiger partial charge in [-0.25, -0.2) is 0 Å².